The van der Waals surface area contributed by atoms with E-state index in [-0.39, 0.29) is 0 Å². The predicted molar refractivity (Wildman–Crippen MR) is 76.8 cm³/mol. The van der Waals surface area contributed by atoms with Crippen LogP contribution in [-0.4, -0.2) is 19.0 Å². The van der Waals surface area contributed by atoms with Gasteiger partial charge in [-0.05, 0) is 25.7 Å². The second kappa shape index (κ2) is 9.72. The Kier molecular flexibility index (Phi) is 7.88. The molecule has 0 amide bonds. The van der Waals surface area contributed by atoms with Crippen molar-refractivity contribution in [1.29, 1.82) is 0 Å². The maximum Gasteiger partial charge on any atom is 0.233 e. The maximum atomic E-state index is 5.65. The van der Waals surface area contributed by atoms with Crippen LogP contribution in [-0.2, 0) is 19.6 Å². The van der Waals surface area contributed by atoms with E-state index in [0.29, 0.717) is 13.2 Å². The third-order valence-electron chi connectivity index (χ3n) is 4.24. The van der Waals surface area contributed by atoms with Crippen molar-refractivity contribution in [3.8, 4) is 0 Å². The van der Waals surface area contributed by atoms with Gasteiger partial charge >= 0.3 is 0 Å². The summed E-state index contributed by atoms with van der Waals surface area (Å²) >= 11 is 0. The molecule has 2 rings (SSSR count). The van der Waals surface area contributed by atoms with E-state index in [2.05, 4.69) is 0 Å². The van der Waals surface area contributed by atoms with Crippen LogP contribution in [0.3, 0.4) is 0 Å². The van der Waals surface area contributed by atoms with Crippen LogP contribution in [0.25, 0.3) is 0 Å². The lowest BCUT2D eigenvalue weighted by Gasteiger charge is -2.30. The Hall–Kier alpha value is -0.160. The highest BCUT2D eigenvalue weighted by molar-refractivity contribution is 4.69. The second-order valence-corrected chi connectivity index (χ2v) is 6.11. The molecule has 1 saturated carbocycles. The highest BCUT2D eigenvalue weighted by Crippen LogP contribution is 2.30. The maximum absolute atomic E-state index is 5.65. The molecule has 0 bridgehead atoms. The third-order valence-corrected chi connectivity index (χ3v) is 4.24. The molecule has 1 spiro atoms. The molecule has 0 atom stereocenters. The summed E-state index contributed by atoms with van der Waals surface area (Å²) in [4.78, 5) is 22.0. The fourth-order valence-corrected chi connectivity index (χ4v) is 2.95. The van der Waals surface area contributed by atoms with Gasteiger partial charge in [-0.3, -0.25) is 0 Å². The van der Waals surface area contributed by atoms with Gasteiger partial charge in [0.15, 0.2) is 0 Å². The monoisotopic (exact) mass is 286 g/mol. The van der Waals surface area contributed by atoms with Gasteiger partial charge in [-0.2, -0.15) is 9.78 Å². The summed E-state index contributed by atoms with van der Waals surface area (Å²) in [5.41, 5.74) is 0. The van der Waals surface area contributed by atoms with E-state index in [1.54, 1.807) is 0 Å². The number of hydrogen-bond donors (Lipinski definition) is 0. The third kappa shape index (κ3) is 6.08. The zero-order valence-electron chi connectivity index (χ0n) is 12.7. The fraction of sp³-hybridized carbons (Fsp3) is 1.00. The second-order valence-electron chi connectivity index (χ2n) is 6.11. The molecule has 4 heteroatoms. The summed E-state index contributed by atoms with van der Waals surface area (Å²) in [6.07, 6.45) is 15.1. The largest absolute Gasteiger partial charge is 0.234 e. The number of rotatable bonds is 0. The highest BCUT2D eigenvalue weighted by atomic mass is 17.3. The van der Waals surface area contributed by atoms with Crippen LogP contribution in [0.4, 0.5) is 0 Å². The fourth-order valence-electron chi connectivity index (χ4n) is 2.95. The van der Waals surface area contributed by atoms with Crippen molar-refractivity contribution in [3.63, 3.8) is 0 Å². The SMILES string of the molecule is C1CCCCCC2(CCCCC1)OOCCCCOO2. The lowest BCUT2D eigenvalue weighted by molar-refractivity contribution is -0.510. The topological polar surface area (TPSA) is 36.9 Å². The lowest BCUT2D eigenvalue weighted by atomic mass is 9.97. The van der Waals surface area contributed by atoms with E-state index in [9.17, 15) is 0 Å². The Morgan fingerprint density at radius 2 is 0.850 bits per heavy atom. The summed E-state index contributed by atoms with van der Waals surface area (Å²) in [6, 6.07) is 0. The Bertz CT molecular complexity index is 221. The van der Waals surface area contributed by atoms with Crippen LogP contribution in [0.5, 0.6) is 0 Å². The van der Waals surface area contributed by atoms with E-state index in [4.69, 9.17) is 19.6 Å². The van der Waals surface area contributed by atoms with E-state index in [1.807, 2.05) is 0 Å². The van der Waals surface area contributed by atoms with E-state index in [1.165, 1.54) is 44.9 Å². The molecule has 0 aromatic rings. The van der Waals surface area contributed by atoms with Crippen LogP contribution in [0.1, 0.15) is 83.5 Å². The molecule has 0 N–H and O–H groups in total. The number of hydrogen-bond acceptors (Lipinski definition) is 4. The molecular formula is C16H30O4. The molecule has 0 aromatic carbocycles. The van der Waals surface area contributed by atoms with Crippen molar-refractivity contribution in [2.24, 2.45) is 0 Å². The van der Waals surface area contributed by atoms with Gasteiger partial charge in [-0.25, -0.2) is 9.78 Å². The average Bonchev–Trinajstić information content (AvgIpc) is 2.56. The first-order valence-corrected chi connectivity index (χ1v) is 8.53. The summed E-state index contributed by atoms with van der Waals surface area (Å²) in [5.74, 6) is -0.677. The molecule has 1 heterocycles. The van der Waals surface area contributed by atoms with E-state index < -0.39 is 5.79 Å². The van der Waals surface area contributed by atoms with Crippen LogP contribution < -0.4 is 0 Å². The highest BCUT2D eigenvalue weighted by Gasteiger charge is 2.35. The van der Waals surface area contributed by atoms with Gasteiger partial charge in [0, 0.05) is 12.8 Å². The van der Waals surface area contributed by atoms with Gasteiger partial charge in [0.05, 0.1) is 13.2 Å². The Morgan fingerprint density at radius 1 is 0.450 bits per heavy atom. The molecular weight excluding hydrogens is 256 g/mol. The van der Waals surface area contributed by atoms with E-state index >= 15 is 0 Å². The molecule has 20 heavy (non-hydrogen) atoms. The first-order chi connectivity index (χ1) is 9.91. The van der Waals surface area contributed by atoms with Gasteiger partial charge in [0.25, 0.3) is 0 Å². The van der Waals surface area contributed by atoms with Gasteiger partial charge in [0.1, 0.15) is 0 Å². The standard InChI is InChI=1S/C16H30O4/c1-2-4-6-8-12-16(13-9-7-5-3-1)19-17-14-10-11-15-18-20-16/h1-15H2. The molecule has 118 valence electrons. The molecule has 1 aliphatic heterocycles. The van der Waals surface area contributed by atoms with E-state index in [0.717, 1.165) is 38.5 Å². The average molecular weight is 286 g/mol. The zero-order valence-corrected chi connectivity index (χ0v) is 12.7. The van der Waals surface area contributed by atoms with Crippen molar-refractivity contribution in [3.05, 3.63) is 0 Å². The minimum Gasteiger partial charge on any atom is -0.234 e. The van der Waals surface area contributed by atoms with Crippen LogP contribution in [0.15, 0.2) is 0 Å². The smallest absolute Gasteiger partial charge is 0.233 e. The summed E-state index contributed by atoms with van der Waals surface area (Å²) in [7, 11) is 0. The van der Waals surface area contributed by atoms with Gasteiger partial charge in [-0.1, -0.05) is 44.9 Å². The Morgan fingerprint density at radius 3 is 1.30 bits per heavy atom. The lowest BCUT2D eigenvalue weighted by Crippen LogP contribution is -2.36. The molecule has 0 aromatic heterocycles. The Balaban J connectivity index is 1.89. The molecule has 1 aliphatic carbocycles. The first-order valence-electron chi connectivity index (χ1n) is 8.53. The molecule has 0 radical (unpaired) electrons. The summed E-state index contributed by atoms with van der Waals surface area (Å²) in [6.45, 7) is 1.27. The minimum absolute atomic E-state index is 0.633. The summed E-state index contributed by atoms with van der Waals surface area (Å²) in [5, 5.41) is 0. The van der Waals surface area contributed by atoms with Crippen molar-refractivity contribution in [2.75, 3.05) is 13.2 Å². The van der Waals surface area contributed by atoms with Crippen LogP contribution in [0, 0.1) is 0 Å². The van der Waals surface area contributed by atoms with Crippen molar-refractivity contribution >= 4 is 0 Å². The zero-order chi connectivity index (χ0) is 13.9. The molecule has 1 saturated heterocycles. The van der Waals surface area contributed by atoms with Gasteiger partial charge in [0.2, 0.25) is 5.79 Å². The van der Waals surface area contributed by atoms with Crippen molar-refractivity contribution in [2.45, 2.75) is 89.3 Å². The summed E-state index contributed by atoms with van der Waals surface area (Å²) < 4.78 is 0. The van der Waals surface area contributed by atoms with Crippen LogP contribution in [0.2, 0.25) is 0 Å². The molecule has 2 fully saturated rings. The quantitative estimate of drug-likeness (QED) is 0.606. The normalized spacial score (nSPS) is 27.6. The minimum atomic E-state index is -0.677. The van der Waals surface area contributed by atoms with Gasteiger partial charge in [-0.15, -0.1) is 0 Å². The predicted octanol–water partition coefficient (Wildman–Crippen LogP) is 4.68. The first kappa shape index (κ1) is 16.2. The molecule has 2 aliphatic rings. The van der Waals surface area contributed by atoms with Crippen molar-refractivity contribution < 1.29 is 19.6 Å². The van der Waals surface area contributed by atoms with Crippen LogP contribution >= 0.6 is 0 Å². The van der Waals surface area contributed by atoms with Gasteiger partial charge < -0.3 is 0 Å². The molecule has 4 nitrogen and oxygen atoms in total. The van der Waals surface area contributed by atoms with Crippen molar-refractivity contribution in [1.82, 2.24) is 0 Å². The molecule has 0 unspecified atom stereocenters. The Labute approximate surface area is 123 Å².